The van der Waals surface area contributed by atoms with E-state index in [-0.39, 0.29) is 0 Å². The Hall–Kier alpha value is -0.470. The fourth-order valence-corrected chi connectivity index (χ4v) is 2.64. The van der Waals surface area contributed by atoms with Crippen LogP contribution in [0.3, 0.4) is 0 Å². The second-order valence-electron chi connectivity index (χ2n) is 4.45. The molecule has 0 radical (unpaired) electrons. The summed E-state index contributed by atoms with van der Waals surface area (Å²) in [6, 6.07) is 10.6. The van der Waals surface area contributed by atoms with E-state index in [4.69, 9.17) is 0 Å². The lowest BCUT2D eigenvalue weighted by Gasteiger charge is -2.22. The Labute approximate surface area is 104 Å². The van der Waals surface area contributed by atoms with Gasteiger partial charge in [-0.1, -0.05) is 39.0 Å². The number of hydrogen-bond donors (Lipinski definition) is 0. The first kappa shape index (κ1) is 13.6. The van der Waals surface area contributed by atoms with Crippen molar-refractivity contribution in [3.63, 3.8) is 0 Å². The van der Waals surface area contributed by atoms with E-state index in [0.29, 0.717) is 0 Å². The Balaban J connectivity index is 2.23. The quantitative estimate of drug-likeness (QED) is 0.664. The summed E-state index contributed by atoms with van der Waals surface area (Å²) in [5.41, 5.74) is 0. The fourth-order valence-electron chi connectivity index (χ4n) is 1.70. The first-order valence-corrected chi connectivity index (χ1v) is 7.11. The maximum absolute atomic E-state index is 2.53. The van der Waals surface area contributed by atoms with Crippen LogP contribution in [0.25, 0.3) is 0 Å². The first-order chi connectivity index (χ1) is 7.72. The van der Waals surface area contributed by atoms with Crippen molar-refractivity contribution < 1.29 is 0 Å². The molecule has 0 N–H and O–H groups in total. The van der Waals surface area contributed by atoms with Gasteiger partial charge in [0.15, 0.2) is 0 Å². The molecule has 90 valence electrons. The third-order valence-electron chi connectivity index (χ3n) is 2.49. The van der Waals surface area contributed by atoms with Gasteiger partial charge >= 0.3 is 0 Å². The summed E-state index contributed by atoms with van der Waals surface area (Å²) in [5.74, 6) is 1.95. The van der Waals surface area contributed by atoms with Crippen molar-refractivity contribution in [1.82, 2.24) is 4.90 Å². The minimum absolute atomic E-state index is 0.765. The van der Waals surface area contributed by atoms with Crippen molar-refractivity contribution in [3.05, 3.63) is 30.3 Å². The topological polar surface area (TPSA) is 3.24 Å². The van der Waals surface area contributed by atoms with E-state index < -0.39 is 0 Å². The van der Waals surface area contributed by atoms with Crippen molar-refractivity contribution >= 4 is 11.8 Å². The lowest BCUT2D eigenvalue weighted by Crippen LogP contribution is -2.29. The van der Waals surface area contributed by atoms with Crippen LogP contribution < -0.4 is 0 Å². The minimum Gasteiger partial charge on any atom is -0.303 e. The van der Waals surface area contributed by atoms with E-state index in [1.165, 1.54) is 23.7 Å². The van der Waals surface area contributed by atoms with Crippen LogP contribution in [0.5, 0.6) is 0 Å². The molecule has 0 heterocycles. The number of nitrogens with zero attached hydrogens (tertiary/aromatic N) is 1. The predicted molar refractivity (Wildman–Crippen MR) is 74.1 cm³/mol. The van der Waals surface area contributed by atoms with Gasteiger partial charge in [0, 0.05) is 23.7 Å². The van der Waals surface area contributed by atoms with E-state index in [9.17, 15) is 0 Å². The molecule has 1 aromatic rings. The minimum atomic E-state index is 0.765. The number of rotatable bonds is 7. The molecule has 1 aromatic carbocycles. The van der Waals surface area contributed by atoms with Crippen molar-refractivity contribution in [3.8, 4) is 0 Å². The van der Waals surface area contributed by atoms with Crippen LogP contribution in [-0.2, 0) is 0 Å². The third-order valence-corrected chi connectivity index (χ3v) is 3.48. The molecule has 0 saturated heterocycles. The third kappa shape index (κ3) is 5.57. The molecule has 0 aliphatic heterocycles. The van der Waals surface area contributed by atoms with Crippen LogP contribution in [0.15, 0.2) is 35.2 Å². The molecule has 0 amide bonds. The normalized spacial score (nSPS) is 11.3. The van der Waals surface area contributed by atoms with Crippen LogP contribution in [0, 0.1) is 5.92 Å². The van der Waals surface area contributed by atoms with Crippen LogP contribution in [0.1, 0.15) is 20.8 Å². The van der Waals surface area contributed by atoms with E-state index in [1.807, 2.05) is 11.8 Å². The average molecular weight is 237 g/mol. The molecule has 1 nitrogen and oxygen atoms in total. The molecule has 0 aliphatic carbocycles. The van der Waals surface area contributed by atoms with Crippen molar-refractivity contribution in [2.45, 2.75) is 25.7 Å². The highest BCUT2D eigenvalue weighted by atomic mass is 32.2. The zero-order valence-corrected chi connectivity index (χ0v) is 11.5. The fraction of sp³-hybridized carbons (Fsp3) is 0.571. The van der Waals surface area contributed by atoms with Gasteiger partial charge in [-0.3, -0.25) is 0 Å². The zero-order chi connectivity index (χ0) is 11.8. The predicted octanol–water partition coefficient (Wildman–Crippen LogP) is 3.76. The standard InChI is InChI=1S/C14H23NS/c1-4-15(12-13(2)3)10-11-16-14-8-6-5-7-9-14/h5-9,13H,4,10-12H2,1-3H3. The summed E-state index contributed by atoms with van der Waals surface area (Å²) in [5, 5.41) is 0. The highest BCUT2D eigenvalue weighted by Crippen LogP contribution is 2.16. The monoisotopic (exact) mass is 237 g/mol. The Morgan fingerprint density at radius 1 is 1.19 bits per heavy atom. The van der Waals surface area contributed by atoms with E-state index in [2.05, 4.69) is 56.0 Å². The molecule has 1 rings (SSSR count). The second-order valence-corrected chi connectivity index (χ2v) is 5.62. The SMILES string of the molecule is CCN(CCSc1ccccc1)CC(C)C. The lowest BCUT2D eigenvalue weighted by atomic mass is 10.2. The van der Waals surface area contributed by atoms with E-state index in [1.54, 1.807) is 0 Å². The maximum Gasteiger partial charge on any atom is 0.0108 e. The molecule has 16 heavy (non-hydrogen) atoms. The summed E-state index contributed by atoms with van der Waals surface area (Å²) in [6.45, 7) is 10.4. The average Bonchev–Trinajstić information content (AvgIpc) is 2.28. The summed E-state index contributed by atoms with van der Waals surface area (Å²) in [6.07, 6.45) is 0. The molecule has 0 aromatic heterocycles. The molecule has 0 bridgehead atoms. The molecule has 0 saturated carbocycles. The molecule has 0 spiro atoms. The van der Waals surface area contributed by atoms with Gasteiger partial charge in [-0.2, -0.15) is 0 Å². The van der Waals surface area contributed by atoms with Crippen LogP contribution in [0.2, 0.25) is 0 Å². The molecule has 0 fully saturated rings. The van der Waals surface area contributed by atoms with E-state index in [0.717, 1.165) is 12.5 Å². The van der Waals surface area contributed by atoms with Crippen LogP contribution in [-0.4, -0.2) is 30.3 Å². The largest absolute Gasteiger partial charge is 0.303 e. The molecule has 0 aliphatic rings. The second kappa shape index (κ2) is 7.75. The highest BCUT2D eigenvalue weighted by Gasteiger charge is 2.04. The van der Waals surface area contributed by atoms with Crippen molar-refractivity contribution in [1.29, 1.82) is 0 Å². The highest BCUT2D eigenvalue weighted by molar-refractivity contribution is 7.99. The number of hydrogen-bond acceptors (Lipinski definition) is 2. The summed E-state index contributed by atoms with van der Waals surface area (Å²) in [7, 11) is 0. The summed E-state index contributed by atoms with van der Waals surface area (Å²) >= 11 is 1.95. The first-order valence-electron chi connectivity index (χ1n) is 6.12. The molecular formula is C14H23NS. The molecule has 0 atom stereocenters. The van der Waals surface area contributed by atoms with Gasteiger partial charge in [0.25, 0.3) is 0 Å². The van der Waals surface area contributed by atoms with Crippen LogP contribution >= 0.6 is 11.8 Å². The van der Waals surface area contributed by atoms with Gasteiger partial charge in [0.2, 0.25) is 0 Å². The summed E-state index contributed by atoms with van der Waals surface area (Å²) < 4.78 is 0. The van der Waals surface area contributed by atoms with Gasteiger partial charge in [-0.15, -0.1) is 11.8 Å². The Kier molecular flexibility index (Phi) is 6.58. The van der Waals surface area contributed by atoms with Gasteiger partial charge < -0.3 is 4.90 Å². The Morgan fingerprint density at radius 3 is 2.44 bits per heavy atom. The molecule has 2 heteroatoms. The number of thioether (sulfide) groups is 1. The zero-order valence-electron chi connectivity index (χ0n) is 10.6. The van der Waals surface area contributed by atoms with Crippen molar-refractivity contribution in [2.75, 3.05) is 25.4 Å². The Bertz CT molecular complexity index is 271. The van der Waals surface area contributed by atoms with Gasteiger partial charge in [0.05, 0.1) is 0 Å². The maximum atomic E-state index is 2.53. The smallest absolute Gasteiger partial charge is 0.0108 e. The summed E-state index contributed by atoms with van der Waals surface area (Å²) in [4.78, 5) is 3.91. The van der Waals surface area contributed by atoms with Gasteiger partial charge in [-0.05, 0) is 24.6 Å². The van der Waals surface area contributed by atoms with Crippen molar-refractivity contribution in [2.24, 2.45) is 5.92 Å². The van der Waals surface area contributed by atoms with E-state index >= 15 is 0 Å². The van der Waals surface area contributed by atoms with Gasteiger partial charge in [-0.25, -0.2) is 0 Å². The Morgan fingerprint density at radius 2 is 1.88 bits per heavy atom. The number of benzene rings is 1. The molecular weight excluding hydrogens is 214 g/mol. The molecule has 0 unspecified atom stereocenters. The van der Waals surface area contributed by atoms with Gasteiger partial charge in [0.1, 0.15) is 0 Å². The lowest BCUT2D eigenvalue weighted by molar-refractivity contribution is 0.271. The van der Waals surface area contributed by atoms with Crippen LogP contribution in [0.4, 0.5) is 0 Å².